The third-order valence-electron chi connectivity index (χ3n) is 2.16. The number of carbonyl (C=O) groups excluding carboxylic acids is 1. The van der Waals surface area contributed by atoms with E-state index in [2.05, 4.69) is 20.7 Å². The highest BCUT2D eigenvalue weighted by atomic mass is 79.9. The van der Waals surface area contributed by atoms with Gasteiger partial charge in [-0.1, -0.05) is 12.1 Å². The van der Waals surface area contributed by atoms with E-state index in [0.29, 0.717) is 17.5 Å². The normalized spacial score (nSPS) is 10.5. The summed E-state index contributed by atoms with van der Waals surface area (Å²) in [5, 5.41) is 0. The number of hydrogen-bond donors (Lipinski definition) is 0. The first-order valence-electron chi connectivity index (χ1n) is 5.42. The van der Waals surface area contributed by atoms with E-state index in [9.17, 15) is 13.6 Å². The standard InChI is InChI=1S/C12H13BrF2O3/c1-2-17-10(16)7-6-8-4-3-5-9(11(8)13)18-12(14)15/h3-5,12H,2,6-7H2,1H3. The Kier molecular flexibility index (Phi) is 6.04. The van der Waals surface area contributed by atoms with Crippen molar-refractivity contribution in [2.24, 2.45) is 0 Å². The van der Waals surface area contributed by atoms with Crippen LogP contribution >= 0.6 is 15.9 Å². The second kappa shape index (κ2) is 7.31. The second-order valence-corrected chi connectivity index (χ2v) is 4.21. The number of benzene rings is 1. The van der Waals surface area contributed by atoms with Gasteiger partial charge in [0.25, 0.3) is 0 Å². The van der Waals surface area contributed by atoms with E-state index in [1.165, 1.54) is 6.07 Å². The zero-order chi connectivity index (χ0) is 13.5. The third-order valence-corrected chi connectivity index (χ3v) is 3.06. The molecule has 18 heavy (non-hydrogen) atoms. The smallest absolute Gasteiger partial charge is 0.387 e. The van der Waals surface area contributed by atoms with Crippen molar-refractivity contribution in [1.82, 2.24) is 0 Å². The quantitative estimate of drug-likeness (QED) is 0.751. The maximum Gasteiger partial charge on any atom is 0.387 e. The summed E-state index contributed by atoms with van der Waals surface area (Å²) in [4.78, 5) is 11.2. The van der Waals surface area contributed by atoms with Gasteiger partial charge in [0.2, 0.25) is 0 Å². The zero-order valence-corrected chi connectivity index (χ0v) is 11.4. The Morgan fingerprint density at radius 3 is 2.78 bits per heavy atom. The summed E-state index contributed by atoms with van der Waals surface area (Å²) in [7, 11) is 0. The Hall–Kier alpha value is -1.17. The first-order chi connectivity index (χ1) is 8.54. The minimum absolute atomic E-state index is 0.0614. The molecule has 0 saturated carbocycles. The molecule has 0 N–H and O–H groups in total. The highest BCUT2D eigenvalue weighted by Gasteiger charge is 2.12. The molecule has 0 aromatic heterocycles. The van der Waals surface area contributed by atoms with Crippen molar-refractivity contribution in [1.29, 1.82) is 0 Å². The maximum atomic E-state index is 12.1. The number of hydrogen-bond acceptors (Lipinski definition) is 3. The second-order valence-electron chi connectivity index (χ2n) is 3.41. The molecule has 1 aromatic rings. The molecule has 0 heterocycles. The van der Waals surface area contributed by atoms with Crippen LogP contribution in [0, 0.1) is 0 Å². The molecule has 1 rings (SSSR count). The summed E-state index contributed by atoms with van der Waals surface area (Å²) >= 11 is 3.19. The summed E-state index contributed by atoms with van der Waals surface area (Å²) in [6.45, 7) is -0.819. The van der Waals surface area contributed by atoms with Gasteiger partial charge in [-0.2, -0.15) is 8.78 Å². The minimum atomic E-state index is -2.87. The zero-order valence-electron chi connectivity index (χ0n) is 9.79. The number of ether oxygens (including phenoxy) is 2. The minimum Gasteiger partial charge on any atom is -0.466 e. The van der Waals surface area contributed by atoms with Crippen LogP contribution < -0.4 is 4.74 Å². The molecular weight excluding hydrogens is 310 g/mol. The van der Waals surface area contributed by atoms with Gasteiger partial charge >= 0.3 is 12.6 Å². The highest BCUT2D eigenvalue weighted by Crippen LogP contribution is 2.30. The van der Waals surface area contributed by atoms with Crippen molar-refractivity contribution in [2.75, 3.05) is 6.61 Å². The molecule has 0 atom stereocenters. The van der Waals surface area contributed by atoms with Crippen LogP contribution in [0.1, 0.15) is 18.9 Å². The SMILES string of the molecule is CCOC(=O)CCc1cccc(OC(F)F)c1Br. The topological polar surface area (TPSA) is 35.5 Å². The van der Waals surface area contributed by atoms with E-state index in [4.69, 9.17) is 4.74 Å². The van der Waals surface area contributed by atoms with E-state index in [1.807, 2.05) is 0 Å². The molecule has 0 radical (unpaired) electrons. The first-order valence-corrected chi connectivity index (χ1v) is 6.21. The van der Waals surface area contributed by atoms with Crippen LogP contribution in [0.15, 0.2) is 22.7 Å². The van der Waals surface area contributed by atoms with Crippen LogP contribution in [0.3, 0.4) is 0 Å². The summed E-state index contributed by atoms with van der Waals surface area (Å²) in [5.41, 5.74) is 0.723. The number of alkyl halides is 2. The average Bonchev–Trinajstić information content (AvgIpc) is 2.30. The van der Waals surface area contributed by atoms with Crippen LogP contribution in [0.2, 0.25) is 0 Å². The lowest BCUT2D eigenvalue weighted by atomic mass is 10.1. The van der Waals surface area contributed by atoms with Crippen molar-refractivity contribution >= 4 is 21.9 Å². The molecule has 0 unspecified atom stereocenters. The van der Waals surface area contributed by atoms with Gasteiger partial charge in [0.05, 0.1) is 11.1 Å². The number of esters is 1. The van der Waals surface area contributed by atoms with Crippen molar-refractivity contribution in [3.8, 4) is 5.75 Å². The van der Waals surface area contributed by atoms with Gasteiger partial charge in [0, 0.05) is 6.42 Å². The summed E-state index contributed by atoms with van der Waals surface area (Å²) < 4.78 is 33.8. The number of halogens is 3. The highest BCUT2D eigenvalue weighted by molar-refractivity contribution is 9.10. The molecule has 3 nitrogen and oxygen atoms in total. The van der Waals surface area contributed by atoms with Crippen LogP contribution in [0.25, 0.3) is 0 Å². The van der Waals surface area contributed by atoms with Gasteiger partial charge in [0.15, 0.2) is 0 Å². The fourth-order valence-electron chi connectivity index (χ4n) is 1.41. The van der Waals surface area contributed by atoms with Crippen LogP contribution in [0.5, 0.6) is 5.75 Å². The maximum absolute atomic E-state index is 12.1. The molecule has 1 aromatic carbocycles. The molecule has 0 aliphatic heterocycles. The Labute approximate surface area is 112 Å². The molecule has 0 bridgehead atoms. The number of rotatable bonds is 6. The van der Waals surface area contributed by atoms with Crippen molar-refractivity contribution < 1.29 is 23.0 Å². The number of carbonyl (C=O) groups is 1. The van der Waals surface area contributed by atoms with E-state index in [0.717, 1.165) is 5.56 Å². The molecular formula is C12H13BrF2O3. The first kappa shape index (κ1) is 14.9. The van der Waals surface area contributed by atoms with Crippen LogP contribution in [0.4, 0.5) is 8.78 Å². The Morgan fingerprint density at radius 1 is 1.44 bits per heavy atom. The lowest BCUT2D eigenvalue weighted by Crippen LogP contribution is -2.06. The van der Waals surface area contributed by atoms with Crippen LogP contribution in [-0.2, 0) is 16.0 Å². The van der Waals surface area contributed by atoms with Crippen molar-refractivity contribution in [3.05, 3.63) is 28.2 Å². The predicted octanol–water partition coefficient (Wildman–Crippen LogP) is 3.55. The van der Waals surface area contributed by atoms with Crippen molar-refractivity contribution in [3.63, 3.8) is 0 Å². The Bertz CT molecular complexity index is 410. The summed E-state index contributed by atoms with van der Waals surface area (Å²) in [6.07, 6.45) is 0.602. The summed E-state index contributed by atoms with van der Waals surface area (Å²) in [6, 6.07) is 4.77. The number of aryl methyl sites for hydroxylation is 1. The average molecular weight is 323 g/mol. The van der Waals surface area contributed by atoms with Gasteiger partial charge in [-0.3, -0.25) is 4.79 Å². The molecule has 6 heteroatoms. The van der Waals surface area contributed by atoms with Gasteiger partial charge in [-0.25, -0.2) is 0 Å². The van der Waals surface area contributed by atoms with Gasteiger partial charge < -0.3 is 9.47 Å². The van der Waals surface area contributed by atoms with Crippen LogP contribution in [-0.4, -0.2) is 19.2 Å². The van der Waals surface area contributed by atoms with Crippen molar-refractivity contribution in [2.45, 2.75) is 26.4 Å². The molecule has 0 aliphatic carbocycles. The largest absolute Gasteiger partial charge is 0.466 e. The fourth-order valence-corrected chi connectivity index (χ4v) is 1.96. The fraction of sp³-hybridized carbons (Fsp3) is 0.417. The molecule has 0 saturated heterocycles. The van der Waals surface area contributed by atoms with E-state index < -0.39 is 6.61 Å². The molecule has 0 aliphatic rings. The molecule has 100 valence electrons. The van der Waals surface area contributed by atoms with E-state index in [1.54, 1.807) is 19.1 Å². The molecule has 0 fully saturated rings. The van der Waals surface area contributed by atoms with Gasteiger partial charge in [0.1, 0.15) is 5.75 Å². The molecule has 0 amide bonds. The lowest BCUT2D eigenvalue weighted by molar-refractivity contribution is -0.143. The van der Waals surface area contributed by atoms with Gasteiger partial charge in [-0.05, 0) is 40.9 Å². The summed E-state index contributed by atoms with van der Waals surface area (Å²) in [5.74, 6) is -0.254. The third kappa shape index (κ3) is 4.60. The van der Waals surface area contributed by atoms with Gasteiger partial charge in [-0.15, -0.1) is 0 Å². The Balaban J connectivity index is 2.68. The Morgan fingerprint density at radius 2 is 2.17 bits per heavy atom. The lowest BCUT2D eigenvalue weighted by Gasteiger charge is -2.10. The predicted molar refractivity (Wildman–Crippen MR) is 65.7 cm³/mol. The monoisotopic (exact) mass is 322 g/mol. The van der Waals surface area contributed by atoms with E-state index >= 15 is 0 Å². The van der Waals surface area contributed by atoms with E-state index in [-0.39, 0.29) is 18.1 Å². The molecule has 0 spiro atoms.